The highest BCUT2D eigenvalue weighted by Crippen LogP contribution is 2.35. The van der Waals surface area contributed by atoms with Crippen molar-refractivity contribution in [3.8, 4) is 0 Å². The minimum Gasteiger partial charge on any atom is -0.351 e. The smallest absolute Gasteiger partial charge is 0.351 e. The van der Waals surface area contributed by atoms with E-state index in [9.17, 15) is 4.79 Å². The molecule has 2 aromatic carbocycles. The molecule has 2 N–H and O–H groups in total. The summed E-state index contributed by atoms with van der Waals surface area (Å²) in [6.07, 6.45) is 3.01. The van der Waals surface area contributed by atoms with E-state index >= 15 is 0 Å². The Kier molecular flexibility index (Phi) is 5.59. The quantitative estimate of drug-likeness (QED) is 0.671. The molecule has 2 aromatic rings. The molecule has 0 unspecified atom stereocenters. The zero-order chi connectivity index (χ0) is 19.6. The van der Waals surface area contributed by atoms with Crippen molar-refractivity contribution in [2.24, 2.45) is 0 Å². The third-order valence-electron chi connectivity index (χ3n) is 4.82. The average Bonchev–Trinajstić information content (AvgIpc) is 3.10. The fraction of sp³-hybridized carbons (Fsp3) is 0.250. The van der Waals surface area contributed by atoms with Crippen LogP contribution in [0.25, 0.3) is 5.70 Å². The molecule has 2 aliphatic heterocycles. The SMILES string of the molecule is O=C(Nc1ccccc1Br)ON1CCC2(C=C(c3ccc(Cl)cc3)NO2)CC1. The molecule has 8 heteroatoms. The highest BCUT2D eigenvalue weighted by atomic mass is 79.9. The largest absolute Gasteiger partial charge is 0.430 e. The first-order chi connectivity index (χ1) is 13.5. The van der Waals surface area contributed by atoms with Gasteiger partial charge < -0.3 is 4.84 Å². The Morgan fingerprint density at radius 3 is 2.61 bits per heavy atom. The molecular formula is C20H19BrClN3O3. The van der Waals surface area contributed by atoms with Crippen LogP contribution in [-0.4, -0.2) is 29.8 Å². The second-order valence-electron chi connectivity index (χ2n) is 6.75. The predicted molar refractivity (Wildman–Crippen MR) is 111 cm³/mol. The molecule has 146 valence electrons. The molecular weight excluding hydrogens is 446 g/mol. The van der Waals surface area contributed by atoms with Gasteiger partial charge in [0.25, 0.3) is 0 Å². The molecule has 28 heavy (non-hydrogen) atoms. The van der Waals surface area contributed by atoms with Gasteiger partial charge in [0.05, 0.1) is 11.4 Å². The van der Waals surface area contributed by atoms with Crippen molar-refractivity contribution in [1.82, 2.24) is 10.5 Å². The summed E-state index contributed by atoms with van der Waals surface area (Å²) in [6, 6.07) is 15.0. The molecule has 1 fully saturated rings. The van der Waals surface area contributed by atoms with Gasteiger partial charge >= 0.3 is 6.09 Å². The third-order valence-corrected chi connectivity index (χ3v) is 5.76. The van der Waals surface area contributed by atoms with Gasteiger partial charge in [-0.1, -0.05) is 35.9 Å². The molecule has 6 nitrogen and oxygen atoms in total. The molecule has 0 radical (unpaired) electrons. The molecule has 0 atom stereocenters. The van der Waals surface area contributed by atoms with Gasteiger partial charge in [-0.05, 0) is 64.7 Å². The van der Waals surface area contributed by atoms with Crippen molar-refractivity contribution in [1.29, 1.82) is 0 Å². The average molecular weight is 465 g/mol. The Morgan fingerprint density at radius 2 is 1.89 bits per heavy atom. The Bertz CT molecular complexity index is 896. The summed E-state index contributed by atoms with van der Waals surface area (Å²) in [5, 5.41) is 5.10. The Labute approximate surface area is 176 Å². The zero-order valence-electron chi connectivity index (χ0n) is 15.0. The fourth-order valence-corrected chi connectivity index (χ4v) is 3.78. The summed E-state index contributed by atoms with van der Waals surface area (Å²) in [7, 11) is 0. The predicted octanol–water partition coefficient (Wildman–Crippen LogP) is 4.98. The van der Waals surface area contributed by atoms with Crippen molar-refractivity contribution in [2.45, 2.75) is 18.4 Å². The van der Waals surface area contributed by atoms with Crippen LogP contribution in [0.5, 0.6) is 0 Å². The normalized spacial score (nSPS) is 18.4. The molecule has 1 spiro atoms. The number of benzene rings is 2. The lowest BCUT2D eigenvalue weighted by Gasteiger charge is -2.35. The number of anilines is 1. The summed E-state index contributed by atoms with van der Waals surface area (Å²) in [6.45, 7) is 1.16. The van der Waals surface area contributed by atoms with Crippen LogP contribution in [0.1, 0.15) is 18.4 Å². The first-order valence-electron chi connectivity index (χ1n) is 8.94. The summed E-state index contributed by atoms with van der Waals surface area (Å²) in [5.74, 6) is 0. The van der Waals surface area contributed by atoms with E-state index in [1.54, 1.807) is 11.1 Å². The summed E-state index contributed by atoms with van der Waals surface area (Å²) in [4.78, 5) is 23.5. The number of nitrogens with zero attached hydrogens (tertiary/aromatic N) is 1. The minimum atomic E-state index is -0.509. The fourth-order valence-electron chi connectivity index (χ4n) is 3.27. The van der Waals surface area contributed by atoms with Gasteiger partial charge in [-0.2, -0.15) is 0 Å². The second kappa shape index (κ2) is 8.13. The number of hydrogen-bond acceptors (Lipinski definition) is 5. The first kappa shape index (κ1) is 19.3. The van der Waals surface area contributed by atoms with Crippen molar-refractivity contribution >= 4 is 45.0 Å². The van der Waals surface area contributed by atoms with Crippen LogP contribution in [0.4, 0.5) is 10.5 Å². The van der Waals surface area contributed by atoms with Crippen molar-refractivity contribution in [3.63, 3.8) is 0 Å². The van der Waals surface area contributed by atoms with Gasteiger partial charge in [0.2, 0.25) is 0 Å². The highest BCUT2D eigenvalue weighted by Gasteiger charge is 2.39. The van der Waals surface area contributed by atoms with E-state index in [0.717, 1.165) is 15.7 Å². The van der Waals surface area contributed by atoms with E-state index in [-0.39, 0.29) is 0 Å². The van der Waals surface area contributed by atoms with Crippen molar-refractivity contribution in [3.05, 3.63) is 69.7 Å². The summed E-state index contributed by atoms with van der Waals surface area (Å²) < 4.78 is 0.801. The number of piperidine rings is 1. The van der Waals surface area contributed by atoms with E-state index in [0.29, 0.717) is 36.6 Å². The van der Waals surface area contributed by atoms with E-state index in [1.165, 1.54) is 0 Å². The van der Waals surface area contributed by atoms with Crippen LogP contribution in [0.15, 0.2) is 59.1 Å². The Hall–Kier alpha value is -2.06. The maximum Gasteiger partial charge on any atom is 0.430 e. The molecule has 0 bridgehead atoms. The lowest BCUT2D eigenvalue weighted by atomic mass is 9.91. The lowest BCUT2D eigenvalue weighted by molar-refractivity contribution is -0.153. The van der Waals surface area contributed by atoms with Crippen LogP contribution in [0.3, 0.4) is 0 Å². The number of carbonyl (C=O) groups is 1. The van der Waals surface area contributed by atoms with E-state index in [2.05, 4.69) is 32.8 Å². The van der Waals surface area contributed by atoms with Gasteiger partial charge in [-0.25, -0.2) is 4.79 Å². The summed E-state index contributed by atoms with van der Waals surface area (Å²) in [5.41, 5.74) is 5.24. The van der Waals surface area contributed by atoms with Crippen molar-refractivity contribution < 1.29 is 14.5 Å². The van der Waals surface area contributed by atoms with Gasteiger partial charge in [0, 0.05) is 22.6 Å². The maximum atomic E-state index is 12.1. The lowest BCUT2D eigenvalue weighted by Crippen LogP contribution is -2.45. The minimum absolute atomic E-state index is 0.395. The number of halogens is 2. The van der Waals surface area contributed by atoms with Crippen LogP contribution in [0.2, 0.25) is 5.02 Å². The van der Waals surface area contributed by atoms with Crippen LogP contribution < -0.4 is 10.8 Å². The monoisotopic (exact) mass is 463 g/mol. The topological polar surface area (TPSA) is 62.8 Å². The van der Waals surface area contributed by atoms with Gasteiger partial charge in [-0.3, -0.25) is 15.6 Å². The number of amides is 1. The molecule has 1 saturated heterocycles. The number of para-hydroxylation sites is 1. The number of rotatable bonds is 3. The first-order valence-corrected chi connectivity index (χ1v) is 10.1. The molecule has 0 aromatic heterocycles. The molecule has 1 amide bonds. The molecule has 2 heterocycles. The number of nitrogens with one attached hydrogen (secondary N) is 2. The molecule has 2 aliphatic rings. The van der Waals surface area contributed by atoms with Crippen LogP contribution in [0, 0.1) is 0 Å². The highest BCUT2D eigenvalue weighted by molar-refractivity contribution is 9.10. The van der Waals surface area contributed by atoms with E-state index < -0.39 is 11.7 Å². The van der Waals surface area contributed by atoms with Gasteiger partial charge in [-0.15, -0.1) is 5.06 Å². The molecule has 4 rings (SSSR count). The Balaban J connectivity index is 1.33. The van der Waals surface area contributed by atoms with E-state index in [1.807, 2.05) is 42.5 Å². The molecule has 0 aliphatic carbocycles. The van der Waals surface area contributed by atoms with Crippen LogP contribution in [-0.2, 0) is 9.68 Å². The van der Waals surface area contributed by atoms with Crippen LogP contribution >= 0.6 is 27.5 Å². The number of carbonyl (C=O) groups excluding carboxylic acids is 1. The van der Waals surface area contributed by atoms with Gasteiger partial charge in [0.1, 0.15) is 5.60 Å². The van der Waals surface area contributed by atoms with Gasteiger partial charge in [0.15, 0.2) is 0 Å². The van der Waals surface area contributed by atoms with Crippen molar-refractivity contribution in [2.75, 3.05) is 18.4 Å². The Morgan fingerprint density at radius 1 is 1.18 bits per heavy atom. The molecule has 0 saturated carbocycles. The second-order valence-corrected chi connectivity index (χ2v) is 8.04. The number of hydrogen-bond donors (Lipinski definition) is 2. The maximum absolute atomic E-state index is 12.1. The summed E-state index contributed by atoms with van der Waals surface area (Å²) >= 11 is 9.35. The van der Waals surface area contributed by atoms with E-state index in [4.69, 9.17) is 21.3 Å². The standard InChI is InChI=1S/C20H19BrClN3O3/c21-16-3-1-2-4-17(16)23-19(26)27-25-11-9-20(10-12-25)13-18(24-28-20)14-5-7-15(22)8-6-14/h1-8,13,24H,9-12H2,(H,23,26). The third kappa shape index (κ3) is 4.33. The number of hydroxylamine groups is 3. The zero-order valence-corrected chi connectivity index (χ0v) is 17.3.